The fourth-order valence-electron chi connectivity index (χ4n) is 2.17. The van der Waals surface area contributed by atoms with E-state index in [0.717, 1.165) is 0 Å². The lowest BCUT2D eigenvalue weighted by atomic mass is 10.1. The van der Waals surface area contributed by atoms with Gasteiger partial charge in [0.25, 0.3) is 11.6 Å². The quantitative estimate of drug-likeness (QED) is 0.366. The number of hydrogen-bond acceptors (Lipinski definition) is 7. The van der Waals surface area contributed by atoms with Crippen LogP contribution in [0.3, 0.4) is 0 Å². The third-order valence-corrected chi connectivity index (χ3v) is 3.41. The van der Waals surface area contributed by atoms with Gasteiger partial charge in [-0.3, -0.25) is 30.1 Å². The van der Waals surface area contributed by atoms with Gasteiger partial charge in [0.05, 0.1) is 21.3 Å². The minimum absolute atomic E-state index is 0.0713. The maximum absolute atomic E-state index is 12.1. The minimum atomic E-state index is -1.13. The van der Waals surface area contributed by atoms with Crippen LogP contribution in [0, 0.1) is 10.1 Å². The molecule has 0 bridgehead atoms. The first-order valence-corrected chi connectivity index (χ1v) is 7.17. The molecule has 0 aliphatic carbocycles. The largest absolute Gasteiger partial charge is 0.296 e. The average Bonchev–Trinajstić information content (AvgIpc) is 2.62. The smallest absolute Gasteiger partial charge is 0.277 e. The maximum atomic E-state index is 12.1. The van der Waals surface area contributed by atoms with E-state index in [9.17, 15) is 19.7 Å². The molecule has 1 N–H and O–H groups in total. The molecule has 0 fully saturated rings. The van der Waals surface area contributed by atoms with Gasteiger partial charge in [0, 0.05) is 12.1 Å². The SMILES string of the molecule is O=C/C(=N/Nc1ccc([N+](=O)[O-])cc1)C1N=c2ccccc2=NC1=O. The van der Waals surface area contributed by atoms with Crippen molar-refractivity contribution in [2.75, 3.05) is 5.43 Å². The van der Waals surface area contributed by atoms with Crippen molar-refractivity contribution in [2.24, 2.45) is 15.1 Å². The van der Waals surface area contributed by atoms with Gasteiger partial charge in [-0.15, -0.1) is 0 Å². The summed E-state index contributed by atoms with van der Waals surface area (Å²) in [6.07, 6.45) is 0.425. The van der Waals surface area contributed by atoms with E-state index in [1.165, 1.54) is 24.3 Å². The summed E-state index contributed by atoms with van der Waals surface area (Å²) < 4.78 is 0. The Labute approximate surface area is 140 Å². The number of nitrogens with zero attached hydrogens (tertiary/aromatic N) is 4. The summed E-state index contributed by atoms with van der Waals surface area (Å²) in [5.41, 5.74) is 2.80. The van der Waals surface area contributed by atoms with Crippen molar-refractivity contribution in [3.05, 3.63) is 69.4 Å². The van der Waals surface area contributed by atoms with E-state index in [0.29, 0.717) is 22.7 Å². The fraction of sp³-hybridized carbons (Fsp3) is 0.0625. The highest BCUT2D eigenvalue weighted by atomic mass is 16.6. The van der Waals surface area contributed by atoms with E-state index in [-0.39, 0.29) is 11.4 Å². The Bertz CT molecular complexity index is 998. The third-order valence-electron chi connectivity index (χ3n) is 3.41. The number of nitrogens with one attached hydrogen (secondary N) is 1. The molecule has 1 atom stereocenters. The van der Waals surface area contributed by atoms with Crippen LogP contribution in [0.25, 0.3) is 0 Å². The molecular formula is C16H11N5O4. The monoisotopic (exact) mass is 337 g/mol. The lowest BCUT2D eigenvalue weighted by Gasteiger charge is -2.11. The zero-order chi connectivity index (χ0) is 17.8. The molecule has 1 unspecified atom stereocenters. The van der Waals surface area contributed by atoms with E-state index in [1.807, 2.05) is 0 Å². The number of hydrazone groups is 1. The molecule has 1 amide bonds. The Morgan fingerprint density at radius 2 is 1.84 bits per heavy atom. The maximum Gasteiger partial charge on any atom is 0.277 e. The Hall–Kier alpha value is -3.75. The molecular weight excluding hydrogens is 326 g/mol. The van der Waals surface area contributed by atoms with Crippen LogP contribution in [-0.2, 0) is 9.59 Å². The number of hydrogen-bond donors (Lipinski definition) is 1. The summed E-state index contributed by atoms with van der Waals surface area (Å²) >= 11 is 0. The number of amides is 1. The van der Waals surface area contributed by atoms with Crippen molar-refractivity contribution in [1.82, 2.24) is 0 Å². The van der Waals surface area contributed by atoms with Crippen LogP contribution in [0.4, 0.5) is 11.4 Å². The fourth-order valence-corrected chi connectivity index (χ4v) is 2.17. The van der Waals surface area contributed by atoms with Gasteiger partial charge in [0.1, 0.15) is 5.71 Å². The number of nitro groups is 1. The molecule has 0 radical (unpaired) electrons. The third kappa shape index (κ3) is 3.44. The second kappa shape index (κ2) is 6.79. The van der Waals surface area contributed by atoms with Gasteiger partial charge in [-0.25, -0.2) is 4.99 Å². The first-order valence-electron chi connectivity index (χ1n) is 7.17. The summed E-state index contributed by atoms with van der Waals surface area (Å²) in [4.78, 5) is 41.6. The number of aldehydes is 1. The standard InChI is InChI=1S/C16H11N5O4/c22-9-14(20-19-10-5-7-11(8-6-10)21(24)25)15-16(23)18-13-4-2-1-3-12(13)17-15/h1-9,15,19H/b20-14-. The van der Waals surface area contributed by atoms with Crippen LogP contribution < -0.4 is 16.1 Å². The van der Waals surface area contributed by atoms with E-state index in [2.05, 4.69) is 20.5 Å². The van der Waals surface area contributed by atoms with E-state index in [4.69, 9.17) is 0 Å². The molecule has 3 rings (SSSR count). The van der Waals surface area contributed by atoms with Crippen LogP contribution in [0.15, 0.2) is 63.6 Å². The summed E-state index contributed by atoms with van der Waals surface area (Å²) in [6, 6.07) is 11.1. The second-order valence-electron chi connectivity index (χ2n) is 5.04. The predicted octanol–water partition coefficient (Wildman–Crippen LogP) is 0.410. The highest BCUT2D eigenvalue weighted by Gasteiger charge is 2.25. The molecule has 2 aromatic carbocycles. The highest BCUT2D eigenvalue weighted by molar-refractivity contribution is 6.36. The molecule has 2 aromatic rings. The molecule has 0 aromatic heterocycles. The molecule has 1 aliphatic rings. The molecule has 9 nitrogen and oxygen atoms in total. The minimum Gasteiger partial charge on any atom is -0.296 e. The Kier molecular flexibility index (Phi) is 4.38. The number of para-hydroxylation sites is 2. The molecule has 1 heterocycles. The summed E-state index contributed by atoms with van der Waals surface area (Å²) in [7, 11) is 0. The first kappa shape index (κ1) is 16.1. The molecule has 0 saturated carbocycles. The van der Waals surface area contributed by atoms with Gasteiger partial charge < -0.3 is 0 Å². The average molecular weight is 337 g/mol. The normalized spacial score (nSPS) is 16.2. The zero-order valence-corrected chi connectivity index (χ0v) is 12.7. The van der Waals surface area contributed by atoms with Crippen LogP contribution in [0.2, 0.25) is 0 Å². The van der Waals surface area contributed by atoms with Gasteiger partial charge in [0.15, 0.2) is 12.3 Å². The van der Waals surface area contributed by atoms with Crippen molar-refractivity contribution in [2.45, 2.75) is 6.04 Å². The van der Waals surface area contributed by atoms with Crippen LogP contribution in [-0.4, -0.2) is 28.9 Å². The van der Waals surface area contributed by atoms with Crippen molar-refractivity contribution < 1.29 is 14.5 Å². The van der Waals surface area contributed by atoms with Crippen LogP contribution in [0.1, 0.15) is 0 Å². The van der Waals surface area contributed by atoms with E-state index < -0.39 is 16.9 Å². The van der Waals surface area contributed by atoms with Gasteiger partial charge in [-0.05, 0) is 24.3 Å². The topological polar surface area (TPSA) is 126 Å². The molecule has 9 heteroatoms. The molecule has 0 spiro atoms. The predicted molar refractivity (Wildman–Crippen MR) is 87.8 cm³/mol. The lowest BCUT2D eigenvalue weighted by molar-refractivity contribution is -0.384. The number of carbonyl (C=O) groups excluding carboxylic acids is 2. The number of rotatable bonds is 5. The molecule has 124 valence electrons. The van der Waals surface area contributed by atoms with Gasteiger partial charge in [0.2, 0.25) is 0 Å². The Balaban J connectivity index is 1.86. The van der Waals surface area contributed by atoms with Crippen LogP contribution >= 0.6 is 0 Å². The number of fused-ring (bicyclic) bond motifs is 1. The first-order chi connectivity index (χ1) is 12.1. The summed E-state index contributed by atoms with van der Waals surface area (Å²) in [6.45, 7) is 0. The summed E-state index contributed by atoms with van der Waals surface area (Å²) in [5.74, 6) is -0.588. The van der Waals surface area contributed by atoms with Crippen molar-refractivity contribution >= 4 is 29.3 Å². The molecule has 0 saturated heterocycles. The molecule has 1 aliphatic heterocycles. The van der Waals surface area contributed by atoms with Gasteiger partial charge >= 0.3 is 0 Å². The lowest BCUT2D eigenvalue weighted by Crippen LogP contribution is -2.41. The highest BCUT2D eigenvalue weighted by Crippen LogP contribution is 2.15. The van der Waals surface area contributed by atoms with Crippen LogP contribution in [0.5, 0.6) is 0 Å². The number of non-ortho nitro benzene ring substituents is 1. The number of carbonyl (C=O) groups is 2. The van der Waals surface area contributed by atoms with Crippen molar-refractivity contribution in [3.63, 3.8) is 0 Å². The molecule has 25 heavy (non-hydrogen) atoms. The number of anilines is 1. The number of nitro benzene ring substituents is 1. The van der Waals surface area contributed by atoms with Gasteiger partial charge in [-0.1, -0.05) is 12.1 Å². The second-order valence-corrected chi connectivity index (χ2v) is 5.04. The Morgan fingerprint density at radius 1 is 1.16 bits per heavy atom. The van der Waals surface area contributed by atoms with Gasteiger partial charge in [-0.2, -0.15) is 5.10 Å². The van der Waals surface area contributed by atoms with Crippen molar-refractivity contribution in [1.29, 1.82) is 0 Å². The summed E-state index contributed by atoms with van der Waals surface area (Å²) in [5, 5.41) is 15.4. The zero-order valence-electron chi connectivity index (χ0n) is 12.7. The van der Waals surface area contributed by atoms with E-state index >= 15 is 0 Å². The number of benzene rings is 2. The van der Waals surface area contributed by atoms with Crippen molar-refractivity contribution in [3.8, 4) is 0 Å². The Morgan fingerprint density at radius 3 is 2.48 bits per heavy atom. The van der Waals surface area contributed by atoms with E-state index in [1.54, 1.807) is 24.3 Å².